The highest BCUT2D eigenvalue weighted by atomic mass is 16.6. The van der Waals surface area contributed by atoms with Crippen LogP contribution >= 0.6 is 0 Å². The molecule has 0 aliphatic rings. The first-order valence-electron chi connectivity index (χ1n) is 6.44. The molecule has 23 heavy (non-hydrogen) atoms. The van der Waals surface area contributed by atoms with Crippen molar-refractivity contribution in [3.63, 3.8) is 0 Å². The molecule has 0 fully saturated rings. The van der Waals surface area contributed by atoms with Crippen LogP contribution in [-0.4, -0.2) is 15.8 Å². The smallest absolute Gasteiger partial charge is 0.271 e. The van der Waals surface area contributed by atoms with E-state index in [1.807, 2.05) is 0 Å². The number of nitro groups is 2. The van der Waals surface area contributed by atoms with Crippen molar-refractivity contribution in [3.8, 4) is 0 Å². The van der Waals surface area contributed by atoms with Crippen LogP contribution in [0.5, 0.6) is 0 Å². The molecule has 116 valence electrons. The lowest BCUT2D eigenvalue weighted by Crippen LogP contribution is -2.07. The summed E-state index contributed by atoms with van der Waals surface area (Å²) >= 11 is 0. The molecular weight excluding hydrogens is 302 g/mol. The Kier molecular flexibility index (Phi) is 4.78. The van der Waals surface area contributed by atoms with Crippen LogP contribution in [0, 0.1) is 20.2 Å². The van der Waals surface area contributed by atoms with E-state index in [4.69, 9.17) is 0 Å². The van der Waals surface area contributed by atoms with Crippen molar-refractivity contribution in [2.75, 3.05) is 5.32 Å². The van der Waals surface area contributed by atoms with E-state index >= 15 is 0 Å². The number of nitrogens with one attached hydrogen (secondary N) is 1. The van der Waals surface area contributed by atoms with Crippen LogP contribution in [0.4, 0.5) is 17.1 Å². The Morgan fingerprint density at radius 1 is 0.957 bits per heavy atom. The zero-order valence-corrected chi connectivity index (χ0v) is 11.7. The third-order valence-electron chi connectivity index (χ3n) is 2.83. The molecule has 0 bridgehead atoms. The minimum atomic E-state index is -0.561. The van der Waals surface area contributed by atoms with E-state index in [1.165, 1.54) is 54.6 Å². The van der Waals surface area contributed by atoms with E-state index in [1.54, 1.807) is 6.07 Å². The largest absolute Gasteiger partial charge is 0.322 e. The van der Waals surface area contributed by atoms with E-state index < -0.39 is 15.8 Å². The molecule has 0 saturated heterocycles. The van der Waals surface area contributed by atoms with Gasteiger partial charge in [-0.05, 0) is 17.7 Å². The average molecular weight is 313 g/mol. The lowest BCUT2D eigenvalue weighted by Gasteiger charge is -2.01. The number of nitro benzene ring substituents is 2. The molecule has 0 unspecified atom stereocenters. The standard InChI is InChI=1S/C15H11N3O5/c19-15(16-12-4-2-6-14(10-12)18(22)23)8-7-11-3-1-5-13(9-11)17(20)21/h1-10H,(H,16,19)/b8-7+. The van der Waals surface area contributed by atoms with Gasteiger partial charge < -0.3 is 5.32 Å². The summed E-state index contributed by atoms with van der Waals surface area (Å²) in [6.07, 6.45) is 2.61. The maximum Gasteiger partial charge on any atom is 0.271 e. The molecule has 0 saturated carbocycles. The first-order valence-corrected chi connectivity index (χ1v) is 6.44. The summed E-state index contributed by atoms with van der Waals surface area (Å²) in [5, 5.41) is 23.8. The van der Waals surface area contributed by atoms with Crippen LogP contribution in [0.2, 0.25) is 0 Å². The minimum absolute atomic E-state index is 0.0776. The molecule has 0 heterocycles. The van der Waals surface area contributed by atoms with Gasteiger partial charge in [0.1, 0.15) is 0 Å². The van der Waals surface area contributed by atoms with Crippen LogP contribution in [0.1, 0.15) is 5.56 Å². The van der Waals surface area contributed by atoms with Crippen molar-refractivity contribution in [3.05, 3.63) is 80.4 Å². The number of carbonyl (C=O) groups excluding carboxylic acids is 1. The van der Waals surface area contributed by atoms with Crippen molar-refractivity contribution in [1.29, 1.82) is 0 Å². The molecule has 1 N–H and O–H groups in total. The summed E-state index contributed by atoms with van der Waals surface area (Å²) < 4.78 is 0. The Morgan fingerprint density at radius 2 is 1.57 bits per heavy atom. The van der Waals surface area contributed by atoms with Gasteiger partial charge in [-0.1, -0.05) is 18.2 Å². The summed E-state index contributed by atoms with van der Waals surface area (Å²) in [6.45, 7) is 0. The molecule has 8 nitrogen and oxygen atoms in total. The Bertz CT molecular complexity index is 801. The summed E-state index contributed by atoms with van der Waals surface area (Å²) in [4.78, 5) is 32.0. The molecular formula is C15H11N3O5. The highest BCUT2D eigenvalue weighted by Gasteiger charge is 2.07. The zero-order chi connectivity index (χ0) is 16.8. The fourth-order valence-corrected chi connectivity index (χ4v) is 1.80. The Hall–Kier alpha value is -3.55. The SMILES string of the molecule is O=C(/C=C/c1cccc([N+](=O)[O-])c1)Nc1cccc([N+](=O)[O-])c1. The van der Waals surface area contributed by atoms with Gasteiger partial charge in [-0.25, -0.2) is 0 Å². The number of non-ortho nitro benzene ring substituents is 2. The fourth-order valence-electron chi connectivity index (χ4n) is 1.80. The first kappa shape index (κ1) is 15.8. The molecule has 2 rings (SSSR count). The van der Waals surface area contributed by atoms with Crippen molar-refractivity contribution in [1.82, 2.24) is 0 Å². The van der Waals surface area contributed by atoms with Gasteiger partial charge in [-0.15, -0.1) is 0 Å². The summed E-state index contributed by atoms with van der Waals surface area (Å²) in [5.41, 5.74) is 0.568. The van der Waals surface area contributed by atoms with E-state index in [-0.39, 0.29) is 17.1 Å². The maximum absolute atomic E-state index is 11.8. The van der Waals surface area contributed by atoms with Crippen molar-refractivity contribution >= 4 is 29.0 Å². The average Bonchev–Trinajstić information content (AvgIpc) is 2.53. The number of hydrogen-bond donors (Lipinski definition) is 1. The first-order chi connectivity index (χ1) is 11.0. The molecule has 0 spiro atoms. The molecule has 0 aromatic heterocycles. The summed E-state index contributed by atoms with van der Waals surface area (Å²) in [6, 6.07) is 11.3. The highest BCUT2D eigenvalue weighted by Crippen LogP contribution is 2.17. The Balaban J connectivity index is 2.07. The van der Waals surface area contributed by atoms with Gasteiger partial charge >= 0.3 is 0 Å². The van der Waals surface area contributed by atoms with Gasteiger partial charge in [0.25, 0.3) is 11.4 Å². The monoisotopic (exact) mass is 313 g/mol. The lowest BCUT2D eigenvalue weighted by molar-refractivity contribution is -0.385. The van der Waals surface area contributed by atoms with E-state index in [0.717, 1.165) is 0 Å². The number of rotatable bonds is 5. The topological polar surface area (TPSA) is 115 Å². The molecule has 2 aromatic carbocycles. The van der Waals surface area contributed by atoms with Gasteiger partial charge in [0.05, 0.1) is 9.85 Å². The van der Waals surface area contributed by atoms with E-state index in [0.29, 0.717) is 5.56 Å². The normalized spacial score (nSPS) is 10.4. The minimum Gasteiger partial charge on any atom is -0.322 e. The number of nitrogens with zero attached hydrogens (tertiary/aromatic N) is 2. The molecule has 8 heteroatoms. The van der Waals surface area contributed by atoms with E-state index in [9.17, 15) is 25.0 Å². The summed E-state index contributed by atoms with van der Waals surface area (Å²) in [5.74, 6) is -0.503. The Morgan fingerprint density at radius 3 is 2.22 bits per heavy atom. The van der Waals surface area contributed by atoms with Gasteiger partial charge in [0.15, 0.2) is 0 Å². The molecule has 0 aliphatic carbocycles. The van der Waals surface area contributed by atoms with Crippen LogP contribution in [0.3, 0.4) is 0 Å². The van der Waals surface area contributed by atoms with Crippen molar-refractivity contribution in [2.24, 2.45) is 0 Å². The molecule has 0 atom stereocenters. The number of benzene rings is 2. The summed E-state index contributed by atoms with van der Waals surface area (Å²) in [7, 11) is 0. The number of anilines is 1. The van der Waals surface area contributed by atoms with Gasteiger partial charge in [0.2, 0.25) is 5.91 Å². The van der Waals surface area contributed by atoms with Crippen LogP contribution in [0.25, 0.3) is 6.08 Å². The van der Waals surface area contributed by atoms with Crippen molar-refractivity contribution in [2.45, 2.75) is 0 Å². The number of amides is 1. The highest BCUT2D eigenvalue weighted by molar-refractivity contribution is 6.02. The predicted molar refractivity (Wildman–Crippen MR) is 83.9 cm³/mol. The second-order valence-corrected chi connectivity index (χ2v) is 4.48. The van der Waals surface area contributed by atoms with Gasteiger partial charge in [-0.3, -0.25) is 25.0 Å². The third-order valence-corrected chi connectivity index (χ3v) is 2.83. The predicted octanol–water partition coefficient (Wildman–Crippen LogP) is 3.15. The van der Waals surface area contributed by atoms with E-state index in [2.05, 4.69) is 5.32 Å². The zero-order valence-electron chi connectivity index (χ0n) is 11.7. The fraction of sp³-hybridized carbons (Fsp3) is 0. The quantitative estimate of drug-likeness (QED) is 0.517. The van der Waals surface area contributed by atoms with Gasteiger partial charge in [-0.2, -0.15) is 0 Å². The molecule has 0 aliphatic heterocycles. The number of carbonyl (C=O) groups is 1. The molecule has 2 aromatic rings. The second kappa shape index (κ2) is 6.94. The van der Waals surface area contributed by atoms with Gasteiger partial charge in [0, 0.05) is 36.0 Å². The third kappa shape index (κ3) is 4.46. The van der Waals surface area contributed by atoms with Crippen LogP contribution < -0.4 is 5.32 Å². The van der Waals surface area contributed by atoms with Crippen molar-refractivity contribution < 1.29 is 14.6 Å². The Labute approximate surface area is 130 Å². The molecule has 0 radical (unpaired) electrons. The maximum atomic E-state index is 11.8. The number of hydrogen-bond acceptors (Lipinski definition) is 5. The molecule has 1 amide bonds. The van der Waals surface area contributed by atoms with Crippen LogP contribution in [-0.2, 0) is 4.79 Å². The second-order valence-electron chi connectivity index (χ2n) is 4.48. The van der Waals surface area contributed by atoms with Crippen LogP contribution in [0.15, 0.2) is 54.6 Å². The lowest BCUT2D eigenvalue weighted by atomic mass is 10.2.